The fourth-order valence-corrected chi connectivity index (χ4v) is 7.05. The average molecular weight is 679 g/mol. The van der Waals surface area contributed by atoms with Crippen LogP contribution in [0.5, 0.6) is 0 Å². The van der Waals surface area contributed by atoms with Gasteiger partial charge in [-0.1, -0.05) is 127 Å². The van der Waals surface area contributed by atoms with Crippen molar-refractivity contribution in [1.82, 2.24) is 29.3 Å². The highest BCUT2D eigenvalue weighted by molar-refractivity contribution is 6.09. The Morgan fingerprint density at radius 2 is 1.06 bits per heavy atom. The van der Waals surface area contributed by atoms with Crippen LogP contribution in [0.1, 0.15) is 0 Å². The van der Waals surface area contributed by atoms with Crippen molar-refractivity contribution in [2.45, 2.75) is 0 Å². The summed E-state index contributed by atoms with van der Waals surface area (Å²) in [6.07, 6.45) is 3.85. The first kappa shape index (κ1) is 30.5. The molecule has 0 aliphatic heterocycles. The van der Waals surface area contributed by atoms with Crippen molar-refractivity contribution >= 4 is 27.6 Å². The van der Waals surface area contributed by atoms with Gasteiger partial charge in [-0.15, -0.1) is 0 Å². The SMILES string of the molecule is c1ccc(-c2cccc(-c3nc(-c4ccc(-c5ccc(-c6nc7ccccc7c7nc8ccccn8c67)cc5)cc4)cc(-c4ccccn4)n3)c2)cc1. The number of para-hydroxylation sites is 1. The predicted octanol–water partition coefficient (Wildman–Crippen LogP) is 11.2. The molecule has 5 aromatic heterocycles. The Balaban J connectivity index is 1.01. The lowest BCUT2D eigenvalue weighted by Crippen LogP contribution is -1.97. The maximum Gasteiger partial charge on any atom is 0.160 e. The van der Waals surface area contributed by atoms with Gasteiger partial charge in [-0.25, -0.2) is 19.9 Å². The third-order valence-electron chi connectivity index (χ3n) is 9.70. The lowest BCUT2D eigenvalue weighted by Gasteiger charge is -2.11. The molecule has 10 aromatic rings. The van der Waals surface area contributed by atoms with Crippen LogP contribution in [0.4, 0.5) is 0 Å². The highest BCUT2D eigenvalue weighted by atomic mass is 15.0. The van der Waals surface area contributed by atoms with E-state index in [1.165, 1.54) is 0 Å². The van der Waals surface area contributed by atoms with Crippen LogP contribution in [0, 0.1) is 0 Å². The van der Waals surface area contributed by atoms with E-state index in [0.29, 0.717) is 5.82 Å². The maximum absolute atomic E-state index is 5.14. The maximum atomic E-state index is 5.14. The van der Waals surface area contributed by atoms with Gasteiger partial charge in [0.25, 0.3) is 0 Å². The van der Waals surface area contributed by atoms with Crippen LogP contribution in [-0.2, 0) is 0 Å². The first-order chi connectivity index (χ1) is 26.2. The first-order valence-corrected chi connectivity index (χ1v) is 17.6. The van der Waals surface area contributed by atoms with Crippen LogP contribution in [0.15, 0.2) is 182 Å². The molecule has 0 saturated carbocycles. The first-order valence-electron chi connectivity index (χ1n) is 17.6. The number of imidazole rings is 1. The Kier molecular flexibility index (Phi) is 7.36. The normalized spacial score (nSPS) is 11.4. The number of pyridine rings is 3. The molecule has 0 fully saturated rings. The van der Waals surface area contributed by atoms with E-state index in [9.17, 15) is 0 Å². The van der Waals surface area contributed by atoms with Crippen LogP contribution in [0.3, 0.4) is 0 Å². The summed E-state index contributed by atoms with van der Waals surface area (Å²) < 4.78 is 2.13. The van der Waals surface area contributed by atoms with Crippen molar-refractivity contribution in [3.63, 3.8) is 0 Å². The van der Waals surface area contributed by atoms with Gasteiger partial charge in [0.15, 0.2) is 5.82 Å². The fourth-order valence-electron chi connectivity index (χ4n) is 7.05. The molecule has 5 aromatic carbocycles. The minimum absolute atomic E-state index is 0.656. The minimum atomic E-state index is 0.656. The molecule has 5 heterocycles. The van der Waals surface area contributed by atoms with Crippen LogP contribution in [-0.4, -0.2) is 29.3 Å². The summed E-state index contributed by atoms with van der Waals surface area (Å²) in [7, 11) is 0. The van der Waals surface area contributed by atoms with E-state index in [1.807, 2.05) is 60.7 Å². The molecule has 0 spiro atoms. The van der Waals surface area contributed by atoms with Gasteiger partial charge in [-0.05, 0) is 64.7 Å². The van der Waals surface area contributed by atoms with Gasteiger partial charge in [0.05, 0.1) is 33.8 Å². The van der Waals surface area contributed by atoms with E-state index in [2.05, 4.69) is 125 Å². The Morgan fingerprint density at radius 1 is 0.396 bits per heavy atom. The van der Waals surface area contributed by atoms with E-state index in [0.717, 1.165) is 89.3 Å². The van der Waals surface area contributed by atoms with Crippen LogP contribution in [0.2, 0.25) is 0 Å². The number of benzene rings is 5. The Morgan fingerprint density at radius 3 is 1.87 bits per heavy atom. The summed E-state index contributed by atoms with van der Waals surface area (Å²) in [5.41, 5.74) is 14.6. The number of hydrogen-bond donors (Lipinski definition) is 0. The highest BCUT2D eigenvalue weighted by Gasteiger charge is 2.17. The standard InChI is InChI=1S/C47H30N6/c1-2-11-31(12-3-1)36-13-10-14-37(29-36)47-50-41(30-42(51-47)40-17-6-8-27-48-40)34-23-19-32(20-24-34)33-21-25-35(26-22-33)44-46-45(38-15-4-5-16-39(38)49-44)52-43-18-7-9-28-53(43)46/h1-30H. The topological polar surface area (TPSA) is 68.9 Å². The lowest BCUT2D eigenvalue weighted by atomic mass is 9.99. The van der Waals surface area contributed by atoms with Crippen molar-refractivity contribution in [2.24, 2.45) is 0 Å². The van der Waals surface area contributed by atoms with Crippen molar-refractivity contribution in [1.29, 1.82) is 0 Å². The summed E-state index contributed by atoms with van der Waals surface area (Å²) in [5, 5.41) is 1.05. The molecule has 6 heteroatoms. The second-order valence-corrected chi connectivity index (χ2v) is 13.0. The van der Waals surface area contributed by atoms with E-state index in [4.69, 9.17) is 19.9 Å². The zero-order chi connectivity index (χ0) is 35.1. The smallest absolute Gasteiger partial charge is 0.160 e. The summed E-state index contributed by atoms with van der Waals surface area (Å²) in [6, 6.07) is 58.2. The van der Waals surface area contributed by atoms with E-state index in [1.54, 1.807) is 6.20 Å². The quantitative estimate of drug-likeness (QED) is 0.175. The Hall–Kier alpha value is -7.31. The fraction of sp³-hybridized carbons (Fsp3) is 0. The molecule has 0 aliphatic rings. The number of nitrogens with zero attached hydrogens (tertiary/aromatic N) is 6. The van der Waals surface area contributed by atoms with Gasteiger partial charge < -0.3 is 0 Å². The second kappa shape index (κ2) is 12.8. The molecule has 0 N–H and O–H groups in total. The third kappa shape index (κ3) is 5.59. The number of aromatic nitrogens is 6. The average Bonchev–Trinajstić information content (AvgIpc) is 3.64. The number of rotatable bonds is 6. The summed E-state index contributed by atoms with van der Waals surface area (Å²) in [5.74, 6) is 0.656. The molecule has 10 rings (SSSR count). The molecule has 0 atom stereocenters. The molecule has 0 unspecified atom stereocenters. The van der Waals surface area contributed by atoms with Crippen molar-refractivity contribution < 1.29 is 0 Å². The molecule has 53 heavy (non-hydrogen) atoms. The zero-order valence-electron chi connectivity index (χ0n) is 28.5. The summed E-state index contributed by atoms with van der Waals surface area (Å²) in [6.45, 7) is 0. The van der Waals surface area contributed by atoms with Gasteiger partial charge >= 0.3 is 0 Å². The molecule has 0 saturated heterocycles. The van der Waals surface area contributed by atoms with Crippen molar-refractivity contribution in [3.05, 3.63) is 182 Å². The van der Waals surface area contributed by atoms with Crippen LogP contribution >= 0.6 is 0 Å². The molecule has 6 nitrogen and oxygen atoms in total. The van der Waals surface area contributed by atoms with Gasteiger partial charge in [-0.2, -0.15) is 0 Å². The van der Waals surface area contributed by atoms with Gasteiger partial charge in [0.2, 0.25) is 0 Å². The van der Waals surface area contributed by atoms with E-state index >= 15 is 0 Å². The molecule has 0 radical (unpaired) electrons. The van der Waals surface area contributed by atoms with Crippen LogP contribution in [0.25, 0.3) is 95.1 Å². The second-order valence-electron chi connectivity index (χ2n) is 13.0. The Bertz CT molecular complexity index is 2920. The van der Waals surface area contributed by atoms with Crippen LogP contribution < -0.4 is 0 Å². The van der Waals surface area contributed by atoms with Gasteiger partial charge in [-0.3, -0.25) is 9.38 Å². The van der Waals surface area contributed by atoms with E-state index < -0.39 is 0 Å². The molecule has 0 amide bonds. The monoisotopic (exact) mass is 678 g/mol. The third-order valence-corrected chi connectivity index (χ3v) is 9.70. The van der Waals surface area contributed by atoms with Gasteiger partial charge in [0, 0.05) is 34.5 Å². The molecular weight excluding hydrogens is 649 g/mol. The number of hydrogen-bond acceptors (Lipinski definition) is 5. The molecule has 0 aliphatic carbocycles. The van der Waals surface area contributed by atoms with E-state index in [-0.39, 0.29) is 0 Å². The number of fused-ring (bicyclic) bond motifs is 5. The Labute approximate surface area is 305 Å². The minimum Gasteiger partial charge on any atom is -0.298 e. The lowest BCUT2D eigenvalue weighted by molar-refractivity contribution is 1.16. The van der Waals surface area contributed by atoms with Crippen molar-refractivity contribution in [2.75, 3.05) is 0 Å². The summed E-state index contributed by atoms with van der Waals surface area (Å²) >= 11 is 0. The van der Waals surface area contributed by atoms with Crippen molar-refractivity contribution in [3.8, 4) is 67.5 Å². The largest absolute Gasteiger partial charge is 0.298 e. The molecule has 0 bridgehead atoms. The molecular formula is C47H30N6. The zero-order valence-corrected chi connectivity index (χ0v) is 28.5. The predicted molar refractivity (Wildman–Crippen MR) is 214 cm³/mol. The molecule has 248 valence electrons. The summed E-state index contributed by atoms with van der Waals surface area (Å²) in [4.78, 5) is 24.8. The van der Waals surface area contributed by atoms with Gasteiger partial charge in [0.1, 0.15) is 11.2 Å². The highest BCUT2D eigenvalue weighted by Crippen LogP contribution is 2.35.